The van der Waals surface area contributed by atoms with Gasteiger partial charge in [0, 0.05) is 24.5 Å². The van der Waals surface area contributed by atoms with Crippen LogP contribution < -0.4 is 5.56 Å². The molecular formula is C16H18N4O. The summed E-state index contributed by atoms with van der Waals surface area (Å²) in [6, 6.07) is 4.14. The van der Waals surface area contributed by atoms with Crippen LogP contribution in [0.15, 0.2) is 35.5 Å². The molecule has 0 bridgehead atoms. The Balaban J connectivity index is 1.93. The lowest BCUT2D eigenvalue weighted by Gasteiger charge is -2.30. The van der Waals surface area contributed by atoms with Crippen molar-refractivity contribution in [3.63, 3.8) is 0 Å². The average molecular weight is 282 g/mol. The Morgan fingerprint density at radius 1 is 1.24 bits per heavy atom. The monoisotopic (exact) mass is 282 g/mol. The smallest absolute Gasteiger partial charge is 0.261 e. The molecular weight excluding hydrogens is 264 g/mol. The van der Waals surface area contributed by atoms with Crippen LogP contribution in [0, 0.1) is 5.92 Å². The summed E-state index contributed by atoms with van der Waals surface area (Å²) >= 11 is 0. The highest BCUT2D eigenvalue weighted by atomic mass is 16.1. The zero-order chi connectivity index (χ0) is 14.4. The van der Waals surface area contributed by atoms with E-state index in [9.17, 15) is 4.79 Å². The third kappa shape index (κ3) is 1.87. The number of hydrogen-bond acceptors (Lipinski definition) is 3. The molecule has 0 aliphatic heterocycles. The van der Waals surface area contributed by atoms with Gasteiger partial charge in [0.1, 0.15) is 0 Å². The third-order valence-electron chi connectivity index (χ3n) is 4.73. The molecule has 21 heavy (non-hydrogen) atoms. The largest absolute Gasteiger partial charge is 0.312 e. The van der Waals surface area contributed by atoms with Gasteiger partial charge in [-0.25, -0.2) is 9.50 Å². The second kappa shape index (κ2) is 4.69. The normalized spacial score (nSPS) is 22.9. The minimum absolute atomic E-state index is 0.0520. The highest BCUT2D eigenvalue weighted by molar-refractivity contribution is 5.79. The van der Waals surface area contributed by atoms with E-state index in [0.29, 0.717) is 17.3 Å². The molecule has 1 aliphatic carbocycles. The number of hydrogen-bond donors (Lipinski definition) is 0. The fourth-order valence-electron chi connectivity index (χ4n) is 3.54. The first-order chi connectivity index (χ1) is 10.3. The highest BCUT2D eigenvalue weighted by Gasteiger charge is 2.24. The van der Waals surface area contributed by atoms with E-state index in [2.05, 4.69) is 17.0 Å². The molecule has 0 spiro atoms. The third-order valence-corrected chi connectivity index (χ3v) is 4.73. The minimum Gasteiger partial charge on any atom is -0.312 e. The van der Waals surface area contributed by atoms with Crippen molar-refractivity contribution in [2.24, 2.45) is 5.92 Å². The van der Waals surface area contributed by atoms with E-state index in [1.807, 2.05) is 22.9 Å². The maximum Gasteiger partial charge on any atom is 0.261 e. The van der Waals surface area contributed by atoms with Gasteiger partial charge in [0.25, 0.3) is 5.56 Å². The van der Waals surface area contributed by atoms with E-state index in [1.165, 1.54) is 19.3 Å². The van der Waals surface area contributed by atoms with Crippen molar-refractivity contribution in [3.8, 4) is 0 Å². The molecule has 3 aromatic heterocycles. The number of aromatic nitrogens is 4. The van der Waals surface area contributed by atoms with Crippen molar-refractivity contribution < 1.29 is 0 Å². The van der Waals surface area contributed by atoms with Crippen molar-refractivity contribution in [2.75, 3.05) is 0 Å². The van der Waals surface area contributed by atoms with Crippen LogP contribution in [-0.4, -0.2) is 19.2 Å². The van der Waals surface area contributed by atoms with Crippen molar-refractivity contribution >= 4 is 16.6 Å². The molecule has 0 N–H and O–H groups in total. The molecule has 3 heterocycles. The quantitative estimate of drug-likeness (QED) is 0.689. The van der Waals surface area contributed by atoms with Crippen LogP contribution in [0.3, 0.4) is 0 Å². The lowest BCUT2D eigenvalue weighted by molar-refractivity contribution is 0.253. The van der Waals surface area contributed by atoms with Crippen LogP contribution in [0.5, 0.6) is 0 Å². The first kappa shape index (κ1) is 12.6. The van der Waals surface area contributed by atoms with Gasteiger partial charge in [-0.1, -0.05) is 19.8 Å². The number of rotatable bonds is 1. The van der Waals surface area contributed by atoms with E-state index in [4.69, 9.17) is 0 Å². The molecule has 108 valence electrons. The Bertz CT molecular complexity index is 863. The molecule has 0 saturated heterocycles. The number of pyridine rings is 1. The maximum absolute atomic E-state index is 12.8. The summed E-state index contributed by atoms with van der Waals surface area (Å²) in [6.45, 7) is 2.25. The molecule has 1 saturated carbocycles. The van der Waals surface area contributed by atoms with E-state index >= 15 is 0 Å². The van der Waals surface area contributed by atoms with Gasteiger partial charge in [0.15, 0.2) is 5.65 Å². The van der Waals surface area contributed by atoms with Crippen LogP contribution >= 0.6 is 0 Å². The molecule has 0 amide bonds. The van der Waals surface area contributed by atoms with Crippen molar-refractivity contribution in [3.05, 3.63) is 41.1 Å². The van der Waals surface area contributed by atoms with E-state index in [-0.39, 0.29) is 5.56 Å². The Labute approximate surface area is 122 Å². The van der Waals surface area contributed by atoms with Gasteiger partial charge in [-0.05, 0) is 24.8 Å². The molecule has 2 atom stereocenters. The van der Waals surface area contributed by atoms with Crippen LogP contribution in [0.2, 0.25) is 0 Å². The van der Waals surface area contributed by atoms with Crippen molar-refractivity contribution in [1.82, 2.24) is 19.2 Å². The summed E-state index contributed by atoms with van der Waals surface area (Å²) in [5.74, 6) is 0.551. The Hall–Kier alpha value is -2.17. The Kier molecular flexibility index (Phi) is 2.80. The molecule has 0 radical (unpaired) electrons. The highest BCUT2D eigenvalue weighted by Crippen LogP contribution is 2.32. The molecule has 1 fully saturated rings. The zero-order valence-electron chi connectivity index (χ0n) is 12.1. The van der Waals surface area contributed by atoms with Crippen molar-refractivity contribution in [1.29, 1.82) is 0 Å². The van der Waals surface area contributed by atoms with Gasteiger partial charge < -0.3 is 4.57 Å². The molecule has 4 rings (SSSR count). The maximum atomic E-state index is 12.8. The minimum atomic E-state index is 0.0520. The number of nitrogens with zero attached hydrogens (tertiary/aromatic N) is 4. The van der Waals surface area contributed by atoms with E-state index in [0.717, 1.165) is 17.6 Å². The Morgan fingerprint density at radius 2 is 2.10 bits per heavy atom. The first-order valence-electron chi connectivity index (χ1n) is 7.59. The van der Waals surface area contributed by atoms with Gasteiger partial charge in [-0.3, -0.25) is 4.79 Å². The topological polar surface area (TPSA) is 52.2 Å². The van der Waals surface area contributed by atoms with Gasteiger partial charge in [0.2, 0.25) is 0 Å². The summed E-state index contributed by atoms with van der Waals surface area (Å²) in [6.07, 6.45) is 10.1. The SMILES string of the molecule is C[C@H]1CCCC[C@@H]1n1ccc2c(cnc3ccnn32)c1=O. The molecule has 3 aromatic rings. The molecule has 0 aromatic carbocycles. The van der Waals surface area contributed by atoms with E-state index in [1.54, 1.807) is 16.9 Å². The van der Waals surface area contributed by atoms with Crippen LogP contribution in [0.25, 0.3) is 16.6 Å². The van der Waals surface area contributed by atoms with Gasteiger partial charge in [-0.2, -0.15) is 5.10 Å². The predicted octanol–water partition coefficient (Wildman–Crippen LogP) is 2.80. The second-order valence-electron chi connectivity index (χ2n) is 6.02. The lowest BCUT2D eigenvalue weighted by atomic mass is 9.85. The fourth-order valence-corrected chi connectivity index (χ4v) is 3.54. The first-order valence-corrected chi connectivity index (χ1v) is 7.59. The molecule has 1 aliphatic rings. The predicted molar refractivity (Wildman–Crippen MR) is 81.4 cm³/mol. The van der Waals surface area contributed by atoms with Gasteiger partial charge in [0.05, 0.1) is 17.1 Å². The molecule has 0 unspecified atom stereocenters. The van der Waals surface area contributed by atoms with Gasteiger partial charge >= 0.3 is 0 Å². The van der Waals surface area contributed by atoms with E-state index < -0.39 is 0 Å². The number of fused-ring (bicyclic) bond motifs is 3. The van der Waals surface area contributed by atoms with Crippen LogP contribution in [0.4, 0.5) is 0 Å². The lowest BCUT2D eigenvalue weighted by Crippen LogP contribution is -2.30. The van der Waals surface area contributed by atoms with Crippen molar-refractivity contribution in [2.45, 2.75) is 38.6 Å². The van der Waals surface area contributed by atoms with Crippen LogP contribution in [0.1, 0.15) is 38.6 Å². The standard InChI is InChI=1S/C16H18N4O/c1-11-4-2-3-5-13(11)19-9-7-14-12(16(19)21)10-17-15-6-8-18-20(14)15/h6-11,13H,2-5H2,1H3/t11-,13-/m0/s1. The fraction of sp³-hybridized carbons (Fsp3) is 0.438. The Morgan fingerprint density at radius 3 is 2.95 bits per heavy atom. The summed E-state index contributed by atoms with van der Waals surface area (Å²) in [5.41, 5.74) is 1.65. The molecule has 5 heteroatoms. The van der Waals surface area contributed by atoms with Gasteiger partial charge in [-0.15, -0.1) is 0 Å². The summed E-state index contributed by atoms with van der Waals surface area (Å²) in [5, 5.41) is 4.90. The van der Waals surface area contributed by atoms with Crippen LogP contribution in [-0.2, 0) is 0 Å². The summed E-state index contributed by atoms with van der Waals surface area (Å²) in [7, 11) is 0. The average Bonchev–Trinajstić information content (AvgIpc) is 2.97. The summed E-state index contributed by atoms with van der Waals surface area (Å²) < 4.78 is 3.63. The second-order valence-corrected chi connectivity index (χ2v) is 6.02. The zero-order valence-corrected chi connectivity index (χ0v) is 12.1. The molecule has 5 nitrogen and oxygen atoms in total. The summed E-state index contributed by atoms with van der Waals surface area (Å²) in [4.78, 5) is 17.1.